The Morgan fingerprint density at radius 1 is 1.29 bits per heavy atom. The minimum atomic E-state index is -0.256. The summed E-state index contributed by atoms with van der Waals surface area (Å²) in [6.07, 6.45) is 15.9. The Balaban J connectivity index is 1.51. The summed E-state index contributed by atoms with van der Waals surface area (Å²) >= 11 is 0. The molecule has 0 radical (unpaired) electrons. The number of aromatic nitrogens is 3. The Bertz CT molecular complexity index is 1020. The van der Waals surface area contributed by atoms with Crippen molar-refractivity contribution in [3.8, 4) is 11.5 Å². The number of nitrogens with zero attached hydrogens (tertiary/aromatic N) is 3. The minimum Gasteiger partial charge on any atom is -0.495 e. The first kappa shape index (κ1) is 21.0. The number of hydrogen-bond acceptors (Lipinski definition) is 6. The van der Waals surface area contributed by atoms with E-state index in [-0.39, 0.29) is 23.2 Å². The number of methoxy groups -OCH3 is 1. The van der Waals surface area contributed by atoms with Crippen molar-refractivity contribution in [2.75, 3.05) is 19.0 Å². The summed E-state index contributed by atoms with van der Waals surface area (Å²) in [5.74, 6) is 2.12. The van der Waals surface area contributed by atoms with E-state index in [1.54, 1.807) is 31.8 Å². The summed E-state index contributed by atoms with van der Waals surface area (Å²) in [6.45, 7) is 4.37. The number of carbonyl (C=O) groups is 1. The third-order valence-electron chi connectivity index (χ3n) is 6.15. The van der Waals surface area contributed by atoms with Crippen molar-refractivity contribution in [2.24, 2.45) is 17.3 Å². The molecule has 7 nitrogen and oxygen atoms in total. The van der Waals surface area contributed by atoms with Gasteiger partial charge in [0.1, 0.15) is 11.6 Å². The van der Waals surface area contributed by atoms with Crippen LogP contribution in [-0.2, 0) is 11.2 Å². The Kier molecular flexibility index (Phi) is 6.02. The van der Waals surface area contributed by atoms with E-state index in [1.807, 2.05) is 13.0 Å². The first-order chi connectivity index (χ1) is 15.1. The number of anilines is 1. The number of aryl methyl sites for hydroxylation is 2. The van der Waals surface area contributed by atoms with Gasteiger partial charge in [0, 0.05) is 17.4 Å². The molecule has 0 saturated heterocycles. The third kappa shape index (κ3) is 4.45. The van der Waals surface area contributed by atoms with Gasteiger partial charge in [0.25, 0.3) is 0 Å². The number of amides is 1. The molecule has 2 aliphatic rings. The second-order valence-corrected chi connectivity index (χ2v) is 8.12. The van der Waals surface area contributed by atoms with Crippen LogP contribution in [0.5, 0.6) is 11.5 Å². The van der Waals surface area contributed by atoms with Gasteiger partial charge in [-0.3, -0.25) is 9.78 Å². The standard InChI is InChI=1S/C24H28N4O3/c1-4-21-22(14-26-16(2)27-21)31-15-24(17-8-6-5-7-9-17)11-20(24)23(29)28-18-10-19(30-3)13-25-12-18/h5-8,10,12-14,17,20H,4,9,11,15H2,1-3H3,(H,28,29)/t17?,20-,24+/m0/s1. The van der Waals surface area contributed by atoms with E-state index in [2.05, 4.69) is 45.4 Å². The molecule has 0 aliphatic heterocycles. The second-order valence-electron chi connectivity index (χ2n) is 8.12. The van der Waals surface area contributed by atoms with E-state index in [1.165, 1.54) is 0 Å². The molecule has 2 heterocycles. The molecular weight excluding hydrogens is 392 g/mol. The second kappa shape index (κ2) is 8.88. The van der Waals surface area contributed by atoms with Gasteiger partial charge in [-0.05, 0) is 32.1 Å². The molecule has 31 heavy (non-hydrogen) atoms. The average molecular weight is 421 g/mol. The predicted octanol–water partition coefficient (Wildman–Crippen LogP) is 3.91. The average Bonchev–Trinajstić information content (AvgIpc) is 3.55. The van der Waals surface area contributed by atoms with E-state index in [0.29, 0.717) is 23.8 Å². The fourth-order valence-electron chi connectivity index (χ4n) is 4.28. The van der Waals surface area contributed by atoms with E-state index < -0.39 is 0 Å². The maximum Gasteiger partial charge on any atom is 0.228 e. The Morgan fingerprint density at radius 2 is 2.16 bits per heavy atom. The minimum absolute atomic E-state index is 0.0162. The number of rotatable bonds is 8. The van der Waals surface area contributed by atoms with Gasteiger partial charge in [0.05, 0.1) is 43.7 Å². The lowest BCUT2D eigenvalue weighted by Crippen LogP contribution is -2.29. The number of ether oxygens (including phenoxy) is 2. The zero-order valence-electron chi connectivity index (χ0n) is 18.2. The topological polar surface area (TPSA) is 86.2 Å². The van der Waals surface area contributed by atoms with E-state index >= 15 is 0 Å². The summed E-state index contributed by atoms with van der Waals surface area (Å²) < 4.78 is 11.4. The van der Waals surface area contributed by atoms with Crippen LogP contribution in [0.4, 0.5) is 5.69 Å². The van der Waals surface area contributed by atoms with Gasteiger partial charge in [-0.15, -0.1) is 0 Å². The Labute approximate surface area is 182 Å². The zero-order chi connectivity index (χ0) is 21.8. The van der Waals surface area contributed by atoms with Gasteiger partial charge in [0.15, 0.2) is 5.75 Å². The van der Waals surface area contributed by atoms with Crippen LogP contribution >= 0.6 is 0 Å². The molecule has 0 spiro atoms. The van der Waals surface area contributed by atoms with Crippen LogP contribution in [0.1, 0.15) is 31.3 Å². The first-order valence-corrected chi connectivity index (χ1v) is 10.6. The van der Waals surface area contributed by atoms with Crippen molar-refractivity contribution in [2.45, 2.75) is 33.1 Å². The molecule has 1 saturated carbocycles. The highest BCUT2D eigenvalue weighted by Gasteiger charge is 2.62. The lowest BCUT2D eigenvalue weighted by molar-refractivity contribution is -0.118. The zero-order valence-corrected chi connectivity index (χ0v) is 18.2. The van der Waals surface area contributed by atoms with E-state index in [9.17, 15) is 4.79 Å². The largest absolute Gasteiger partial charge is 0.495 e. The van der Waals surface area contributed by atoms with Gasteiger partial charge in [-0.1, -0.05) is 31.2 Å². The summed E-state index contributed by atoms with van der Waals surface area (Å²) in [4.78, 5) is 26.0. The van der Waals surface area contributed by atoms with Crippen molar-refractivity contribution in [1.82, 2.24) is 15.0 Å². The molecule has 2 aromatic rings. The van der Waals surface area contributed by atoms with E-state index in [4.69, 9.17) is 9.47 Å². The molecule has 7 heteroatoms. The molecule has 3 atom stereocenters. The Hall–Kier alpha value is -3.22. The quantitative estimate of drug-likeness (QED) is 0.697. The highest BCUT2D eigenvalue weighted by Crippen LogP contribution is 2.60. The molecule has 1 amide bonds. The lowest BCUT2D eigenvalue weighted by atomic mass is 9.82. The summed E-state index contributed by atoms with van der Waals surface area (Å²) in [6, 6.07) is 1.77. The number of allylic oxidation sites excluding steroid dienone is 4. The van der Waals surface area contributed by atoms with Crippen LogP contribution in [-0.4, -0.2) is 34.6 Å². The van der Waals surface area contributed by atoms with Crippen molar-refractivity contribution in [1.29, 1.82) is 0 Å². The molecule has 0 bridgehead atoms. The fourth-order valence-corrected chi connectivity index (χ4v) is 4.28. The maximum atomic E-state index is 13.1. The van der Waals surface area contributed by atoms with Gasteiger partial charge in [0.2, 0.25) is 5.91 Å². The van der Waals surface area contributed by atoms with Gasteiger partial charge in [-0.2, -0.15) is 0 Å². The predicted molar refractivity (Wildman–Crippen MR) is 118 cm³/mol. The van der Waals surface area contributed by atoms with Gasteiger partial charge in [-0.25, -0.2) is 9.97 Å². The normalized spacial score (nSPS) is 24.0. The number of hydrogen-bond donors (Lipinski definition) is 1. The van der Waals surface area contributed by atoms with Crippen molar-refractivity contribution >= 4 is 11.6 Å². The monoisotopic (exact) mass is 420 g/mol. The maximum absolute atomic E-state index is 13.1. The first-order valence-electron chi connectivity index (χ1n) is 10.6. The summed E-state index contributed by atoms with van der Waals surface area (Å²) in [5, 5.41) is 3.00. The number of nitrogens with one attached hydrogen (secondary N) is 1. The van der Waals surface area contributed by atoms with Crippen LogP contribution in [0.3, 0.4) is 0 Å². The summed E-state index contributed by atoms with van der Waals surface area (Å²) in [7, 11) is 1.58. The van der Waals surface area contributed by atoms with Crippen molar-refractivity contribution in [3.05, 3.63) is 60.5 Å². The molecule has 1 unspecified atom stereocenters. The lowest BCUT2D eigenvalue weighted by Gasteiger charge is -2.27. The van der Waals surface area contributed by atoms with Crippen LogP contribution in [0.25, 0.3) is 0 Å². The molecule has 162 valence electrons. The molecule has 2 aromatic heterocycles. The fraction of sp³-hybridized carbons (Fsp3) is 0.417. The van der Waals surface area contributed by atoms with Gasteiger partial charge >= 0.3 is 0 Å². The van der Waals surface area contributed by atoms with E-state index in [0.717, 1.165) is 30.8 Å². The van der Waals surface area contributed by atoms with Crippen molar-refractivity contribution < 1.29 is 14.3 Å². The van der Waals surface area contributed by atoms with Crippen LogP contribution in [0.2, 0.25) is 0 Å². The van der Waals surface area contributed by atoms with Crippen LogP contribution < -0.4 is 14.8 Å². The molecular formula is C24H28N4O3. The smallest absolute Gasteiger partial charge is 0.228 e. The van der Waals surface area contributed by atoms with Crippen LogP contribution in [0, 0.1) is 24.2 Å². The molecule has 1 fully saturated rings. The molecule has 1 N–H and O–H groups in total. The molecule has 2 aliphatic carbocycles. The SMILES string of the molecule is CCc1nc(C)ncc1OC[C@@]1(C2C=CC=CC2)C[C@H]1C(=O)Nc1cncc(OC)c1. The summed E-state index contributed by atoms with van der Waals surface area (Å²) in [5.41, 5.74) is 1.27. The van der Waals surface area contributed by atoms with Crippen molar-refractivity contribution in [3.63, 3.8) is 0 Å². The number of carbonyl (C=O) groups excluding carboxylic acids is 1. The third-order valence-corrected chi connectivity index (χ3v) is 6.15. The number of pyridine rings is 1. The highest BCUT2D eigenvalue weighted by molar-refractivity contribution is 5.95. The van der Waals surface area contributed by atoms with Gasteiger partial charge < -0.3 is 14.8 Å². The molecule has 0 aromatic carbocycles. The van der Waals surface area contributed by atoms with Crippen LogP contribution in [0.15, 0.2) is 49.0 Å². The molecule has 4 rings (SSSR count). The highest BCUT2D eigenvalue weighted by atomic mass is 16.5. The Morgan fingerprint density at radius 3 is 2.90 bits per heavy atom.